The second-order valence-corrected chi connectivity index (χ2v) is 23.3. The van der Waals surface area contributed by atoms with E-state index in [4.69, 9.17) is 4.42 Å². The highest BCUT2D eigenvalue weighted by Gasteiger charge is 2.43. The molecule has 2 nitrogen and oxygen atoms in total. The summed E-state index contributed by atoms with van der Waals surface area (Å²) in [6.45, 7) is 0. The molecule has 0 spiro atoms. The molecule has 0 aliphatic carbocycles. The van der Waals surface area contributed by atoms with Gasteiger partial charge in [0, 0.05) is 32.7 Å². The van der Waals surface area contributed by atoms with Gasteiger partial charge in [-0.1, -0.05) is 261 Å². The van der Waals surface area contributed by atoms with Crippen LogP contribution in [0.3, 0.4) is 0 Å². The molecule has 2 heterocycles. The number of para-hydroxylation sites is 2. The van der Waals surface area contributed by atoms with E-state index < -0.39 is 8.07 Å². The summed E-state index contributed by atoms with van der Waals surface area (Å²) in [5.74, 6) is 0. The smallest absolute Gasteiger partial charge is 0.179 e. The van der Waals surface area contributed by atoms with E-state index in [0.29, 0.717) is 0 Å². The largest absolute Gasteiger partial charge is 0.456 e. The van der Waals surface area contributed by atoms with Gasteiger partial charge in [0.1, 0.15) is 11.2 Å². The third-order valence-electron chi connectivity index (χ3n) is 15.3. The zero-order chi connectivity index (χ0) is 49.7. The quantitative estimate of drug-likeness (QED) is 0.0986. The molecule has 0 radical (unpaired) electrons. The van der Waals surface area contributed by atoms with Crippen LogP contribution in [-0.4, -0.2) is 12.6 Å². The van der Waals surface area contributed by atoms with Gasteiger partial charge in [0.15, 0.2) is 8.07 Å². The molecule has 0 saturated carbocycles. The maximum absolute atomic E-state index is 6.41. The number of rotatable bonds is 10. The number of aromatic nitrogens is 1. The summed E-state index contributed by atoms with van der Waals surface area (Å²) in [5, 5.41) is 9.90. The van der Waals surface area contributed by atoms with Crippen molar-refractivity contribution in [1.82, 2.24) is 4.57 Å². The number of fused-ring (bicyclic) bond motifs is 6. The van der Waals surface area contributed by atoms with Gasteiger partial charge in [-0.05, 0) is 102 Å². The van der Waals surface area contributed by atoms with Gasteiger partial charge in [-0.15, -0.1) is 0 Å². The molecule has 3 heteroatoms. The lowest BCUT2D eigenvalue weighted by molar-refractivity contribution is 0.669. The molecule has 14 rings (SSSR count). The molecule has 0 unspecified atom stereocenters. The molecule has 0 aliphatic rings. The van der Waals surface area contributed by atoms with Crippen molar-refractivity contribution in [2.45, 2.75) is 0 Å². The van der Waals surface area contributed by atoms with Crippen LogP contribution in [0.15, 0.2) is 302 Å². The summed E-state index contributed by atoms with van der Waals surface area (Å²) >= 11 is 0. The van der Waals surface area contributed by atoms with Crippen molar-refractivity contribution in [3.8, 4) is 61.3 Å². The molecule has 2 aromatic heterocycles. The van der Waals surface area contributed by atoms with E-state index in [1.807, 2.05) is 6.07 Å². The summed E-state index contributed by atoms with van der Waals surface area (Å²) in [4.78, 5) is 0. The van der Waals surface area contributed by atoms with Gasteiger partial charge in [-0.3, -0.25) is 0 Å². The minimum absolute atomic E-state index is 0.894. The van der Waals surface area contributed by atoms with Gasteiger partial charge in [0.2, 0.25) is 0 Å². The normalized spacial score (nSPS) is 11.7. The van der Waals surface area contributed by atoms with E-state index in [1.165, 1.54) is 64.9 Å². The third kappa shape index (κ3) is 7.47. The predicted molar refractivity (Wildman–Crippen MR) is 319 cm³/mol. The predicted octanol–water partition coefficient (Wildman–Crippen LogP) is 16.4. The number of nitrogens with zero attached hydrogens (tertiary/aromatic N) is 1. The molecule has 0 fully saturated rings. The van der Waals surface area contributed by atoms with E-state index >= 15 is 0 Å². The summed E-state index contributed by atoms with van der Waals surface area (Å²) in [6.07, 6.45) is 0. The molecule has 0 amide bonds. The van der Waals surface area contributed by atoms with Gasteiger partial charge in [-0.2, -0.15) is 0 Å². The summed E-state index contributed by atoms with van der Waals surface area (Å²) in [6, 6.07) is 110. The van der Waals surface area contributed by atoms with Crippen molar-refractivity contribution in [3.05, 3.63) is 297 Å². The Labute approximate surface area is 437 Å². The van der Waals surface area contributed by atoms with E-state index in [2.05, 4.69) is 296 Å². The fraction of sp³-hybridized carbons (Fsp3) is 0. The van der Waals surface area contributed by atoms with Crippen LogP contribution in [0.25, 0.3) is 105 Å². The minimum Gasteiger partial charge on any atom is -0.456 e. The lowest BCUT2D eigenvalue weighted by Gasteiger charge is -2.36. The van der Waals surface area contributed by atoms with Crippen LogP contribution in [0, 0.1) is 0 Å². The molecular formula is C72H49NOSi. The van der Waals surface area contributed by atoms with Crippen molar-refractivity contribution >= 4 is 72.6 Å². The number of furan rings is 1. The summed E-state index contributed by atoms with van der Waals surface area (Å²) in [5.41, 5.74) is 16.9. The van der Waals surface area contributed by atoms with Gasteiger partial charge in [0.25, 0.3) is 0 Å². The first-order valence-corrected chi connectivity index (χ1v) is 27.8. The maximum atomic E-state index is 6.41. The highest BCUT2D eigenvalue weighted by atomic mass is 28.3. The minimum atomic E-state index is -3.27. The molecule has 0 bridgehead atoms. The first-order chi connectivity index (χ1) is 37.2. The lowest BCUT2D eigenvalue weighted by atomic mass is 9.95. The Morgan fingerprint density at radius 2 is 0.707 bits per heavy atom. The first-order valence-electron chi connectivity index (χ1n) is 25.8. The van der Waals surface area contributed by atoms with Crippen LogP contribution in [-0.2, 0) is 0 Å². The van der Waals surface area contributed by atoms with Crippen LogP contribution in [0.2, 0.25) is 0 Å². The maximum Gasteiger partial charge on any atom is 0.179 e. The fourth-order valence-electron chi connectivity index (χ4n) is 12.0. The van der Waals surface area contributed by atoms with Crippen molar-refractivity contribution in [2.75, 3.05) is 0 Å². The molecule has 12 aromatic carbocycles. The van der Waals surface area contributed by atoms with E-state index in [0.717, 1.165) is 60.9 Å². The van der Waals surface area contributed by atoms with Crippen molar-refractivity contribution in [1.29, 1.82) is 0 Å². The molecule has 14 aromatic rings. The second kappa shape index (κ2) is 18.5. The van der Waals surface area contributed by atoms with Crippen molar-refractivity contribution in [2.24, 2.45) is 0 Å². The standard InChI is InChI=1S/C72H49NOSi/c1-7-24-50(25-8-1)55-44-56(51-26-9-2-10-27-51)46-59(45-55)75(57-32-15-5-16-33-57,58-34-17-6-18-35-58)60-48-64(52-28-11-3-12-29-52)72(65(49-60)53-30-13-4-14-31-53)73-67-39-21-19-36-62(67)66-47-54(42-43-68(66)73)61-38-23-41-70-71(61)63-37-20-22-40-69(63)74-70/h1-49H. The van der Waals surface area contributed by atoms with Gasteiger partial charge in [0.05, 0.1) is 16.7 Å². The van der Waals surface area contributed by atoms with Gasteiger partial charge in [-0.25, -0.2) is 0 Å². The van der Waals surface area contributed by atoms with Gasteiger partial charge >= 0.3 is 0 Å². The van der Waals surface area contributed by atoms with E-state index in [9.17, 15) is 0 Å². The Morgan fingerprint density at radius 3 is 1.28 bits per heavy atom. The average Bonchev–Trinajstić information content (AvgIpc) is 4.06. The Bertz CT molecular complexity index is 4220. The van der Waals surface area contributed by atoms with Crippen molar-refractivity contribution in [3.63, 3.8) is 0 Å². The number of hydrogen-bond acceptors (Lipinski definition) is 1. The molecule has 352 valence electrons. The van der Waals surface area contributed by atoms with Crippen LogP contribution in [0.4, 0.5) is 0 Å². The summed E-state index contributed by atoms with van der Waals surface area (Å²) < 4.78 is 8.96. The highest BCUT2D eigenvalue weighted by Crippen LogP contribution is 2.44. The molecule has 75 heavy (non-hydrogen) atoms. The SMILES string of the molecule is c1ccc(-c2cc(-c3ccccc3)cc([Si](c3ccccc3)(c3ccccc3)c3cc(-c4ccccc4)c(-n4c5ccccc5c5cc(-c6cccc7oc8ccccc8c67)ccc54)c(-c4ccccc4)c3)c2)cc1. The molecular weight excluding hydrogens is 923 g/mol. The molecule has 0 atom stereocenters. The number of benzene rings is 12. The topological polar surface area (TPSA) is 18.1 Å². The molecule has 0 saturated heterocycles. The van der Waals surface area contributed by atoms with Gasteiger partial charge < -0.3 is 8.98 Å². The molecule has 0 N–H and O–H groups in total. The Kier molecular flexibility index (Phi) is 10.9. The Hall–Kier alpha value is -9.54. The van der Waals surface area contributed by atoms with E-state index in [1.54, 1.807) is 0 Å². The lowest BCUT2D eigenvalue weighted by Crippen LogP contribution is -2.74. The number of hydrogen-bond donors (Lipinski definition) is 0. The van der Waals surface area contributed by atoms with Crippen LogP contribution >= 0.6 is 0 Å². The third-order valence-corrected chi connectivity index (χ3v) is 20.0. The zero-order valence-corrected chi connectivity index (χ0v) is 42.1. The Morgan fingerprint density at radius 1 is 0.253 bits per heavy atom. The highest BCUT2D eigenvalue weighted by molar-refractivity contribution is 7.20. The summed E-state index contributed by atoms with van der Waals surface area (Å²) in [7, 11) is -3.27. The monoisotopic (exact) mass is 971 g/mol. The second-order valence-electron chi connectivity index (χ2n) is 19.5. The first kappa shape index (κ1) is 44.2. The molecule has 0 aliphatic heterocycles. The van der Waals surface area contributed by atoms with Crippen LogP contribution in [0.1, 0.15) is 0 Å². The van der Waals surface area contributed by atoms with Crippen molar-refractivity contribution < 1.29 is 4.42 Å². The van der Waals surface area contributed by atoms with Crippen LogP contribution < -0.4 is 20.7 Å². The van der Waals surface area contributed by atoms with E-state index in [-0.39, 0.29) is 0 Å². The Balaban J connectivity index is 1.11. The average molecular weight is 972 g/mol. The van der Waals surface area contributed by atoms with Crippen LogP contribution in [0.5, 0.6) is 0 Å². The fourth-order valence-corrected chi connectivity index (χ4v) is 16.8. The zero-order valence-electron chi connectivity index (χ0n) is 41.1.